The summed E-state index contributed by atoms with van der Waals surface area (Å²) in [7, 11) is 0. The molecule has 1 atom stereocenters. The first-order valence-corrected chi connectivity index (χ1v) is 8.08. The number of rotatable bonds is 8. The van der Waals surface area contributed by atoms with Crippen LogP contribution in [0, 0.1) is 0 Å². The molecule has 136 valence electrons. The second-order valence-electron chi connectivity index (χ2n) is 5.82. The molecule has 3 amide bonds. The average Bonchev–Trinajstić information content (AvgIpc) is 2.62. The molecule has 0 aliphatic rings. The molecule has 2 rings (SSSR count). The van der Waals surface area contributed by atoms with E-state index in [0.29, 0.717) is 0 Å². The Hall–Kier alpha value is -3.35. The number of hydrogen-bond acceptors (Lipinski definition) is 4. The highest BCUT2D eigenvalue weighted by molar-refractivity contribution is 5.88. The zero-order valence-corrected chi connectivity index (χ0v) is 14.1. The van der Waals surface area contributed by atoms with Crippen molar-refractivity contribution >= 4 is 17.9 Å². The van der Waals surface area contributed by atoms with Crippen molar-refractivity contribution in [3.05, 3.63) is 71.8 Å². The molecular weight excluding hydrogens is 334 g/mol. The minimum atomic E-state index is -1.47. The van der Waals surface area contributed by atoms with Crippen LogP contribution in [-0.2, 0) is 22.6 Å². The second-order valence-corrected chi connectivity index (χ2v) is 5.82. The van der Waals surface area contributed by atoms with Crippen LogP contribution < -0.4 is 16.2 Å². The Balaban J connectivity index is 1.98. The fourth-order valence-corrected chi connectivity index (χ4v) is 2.47. The Bertz CT molecular complexity index is 686. The molecule has 0 fully saturated rings. The van der Waals surface area contributed by atoms with Crippen molar-refractivity contribution in [3.63, 3.8) is 0 Å². The highest BCUT2D eigenvalue weighted by Gasteiger charge is 2.20. The van der Waals surface area contributed by atoms with Gasteiger partial charge in [-0.25, -0.2) is 0 Å². The Morgan fingerprint density at radius 3 is 2.00 bits per heavy atom. The maximum Gasteiger partial charge on any atom is 0.240 e. The van der Waals surface area contributed by atoms with E-state index in [4.69, 9.17) is 5.73 Å². The molecule has 2 aromatic carbocycles. The number of nitrogens with one attached hydrogen (secondary N) is 1. The van der Waals surface area contributed by atoms with Gasteiger partial charge in [0, 0.05) is 13.0 Å². The third-order valence-corrected chi connectivity index (χ3v) is 3.77. The molecule has 1 unspecified atom stereocenters. The average molecular weight is 354 g/mol. The summed E-state index contributed by atoms with van der Waals surface area (Å²) in [5.74, 6) is -1.31. The molecule has 0 heterocycles. The van der Waals surface area contributed by atoms with Gasteiger partial charge in [-0.15, -0.1) is 0 Å². The predicted octanol–water partition coefficient (Wildman–Crippen LogP) is 0.0447. The van der Waals surface area contributed by atoms with Crippen LogP contribution in [0.2, 0.25) is 0 Å². The summed E-state index contributed by atoms with van der Waals surface area (Å²) < 4.78 is 0. The minimum Gasteiger partial charge on any atom is -0.530 e. The molecule has 3 N–H and O–H groups in total. The molecule has 0 spiro atoms. The molecule has 0 aliphatic heterocycles. The zero-order valence-electron chi connectivity index (χ0n) is 14.1. The normalized spacial score (nSPS) is 11.4. The van der Waals surface area contributed by atoms with Gasteiger partial charge in [0.05, 0.1) is 6.54 Å². The number of nitrogens with zero attached hydrogens (tertiary/aromatic N) is 1. The van der Waals surface area contributed by atoms with E-state index in [1.54, 1.807) is 30.3 Å². The lowest BCUT2D eigenvalue weighted by Gasteiger charge is -2.25. The topological polar surface area (TPSA) is 116 Å². The zero-order chi connectivity index (χ0) is 18.9. The second kappa shape index (κ2) is 9.22. The van der Waals surface area contributed by atoms with Crippen molar-refractivity contribution in [1.82, 2.24) is 10.2 Å². The molecule has 0 bridgehead atoms. The van der Waals surface area contributed by atoms with Crippen molar-refractivity contribution in [2.75, 3.05) is 6.54 Å². The first-order valence-electron chi connectivity index (χ1n) is 8.08. The standard InChI is InChI=1S/C19H21N3O4/c20-18(24)16(11-14-7-3-1-4-8-14)21-17(23)13-22(19(25)26)12-15-9-5-2-6-10-15/h1-10,16H,11-13H2,(H2,20,24)(H,21,23)(H,25,26)/p-1. The molecule has 2 aromatic rings. The van der Waals surface area contributed by atoms with E-state index >= 15 is 0 Å². The molecule has 0 aromatic heterocycles. The van der Waals surface area contributed by atoms with Crippen molar-refractivity contribution < 1.29 is 19.5 Å². The van der Waals surface area contributed by atoms with Crippen LogP contribution in [0.4, 0.5) is 4.79 Å². The SMILES string of the molecule is NC(=O)C(Cc1ccccc1)NC(=O)CN(Cc1ccccc1)C(=O)[O-]. The van der Waals surface area contributed by atoms with Crippen molar-refractivity contribution in [3.8, 4) is 0 Å². The number of hydrogen-bond donors (Lipinski definition) is 2. The smallest absolute Gasteiger partial charge is 0.240 e. The van der Waals surface area contributed by atoms with Gasteiger partial charge in [0.25, 0.3) is 0 Å². The van der Waals surface area contributed by atoms with Gasteiger partial charge in [0.1, 0.15) is 12.1 Å². The molecule has 0 radical (unpaired) electrons. The first-order chi connectivity index (χ1) is 12.5. The number of nitrogens with two attached hydrogens (primary N) is 1. The molecule has 7 nitrogen and oxygen atoms in total. The quantitative estimate of drug-likeness (QED) is 0.696. The summed E-state index contributed by atoms with van der Waals surface area (Å²) in [4.78, 5) is 36.0. The molecule has 0 saturated carbocycles. The Morgan fingerprint density at radius 1 is 0.962 bits per heavy atom. The third kappa shape index (κ3) is 5.94. The number of carbonyl (C=O) groups excluding carboxylic acids is 3. The van der Waals surface area contributed by atoms with Gasteiger partial charge in [-0.05, 0) is 11.1 Å². The van der Waals surface area contributed by atoms with Crippen LogP contribution in [0.3, 0.4) is 0 Å². The third-order valence-electron chi connectivity index (χ3n) is 3.77. The van der Waals surface area contributed by atoms with E-state index in [-0.39, 0.29) is 13.0 Å². The number of benzene rings is 2. The van der Waals surface area contributed by atoms with E-state index < -0.39 is 30.5 Å². The highest BCUT2D eigenvalue weighted by atomic mass is 16.4. The van der Waals surface area contributed by atoms with Gasteiger partial charge in [-0.2, -0.15) is 0 Å². The van der Waals surface area contributed by atoms with Crippen LogP contribution in [-0.4, -0.2) is 35.4 Å². The van der Waals surface area contributed by atoms with Gasteiger partial charge in [0.2, 0.25) is 11.8 Å². The van der Waals surface area contributed by atoms with Gasteiger partial charge >= 0.3 is 0 Å². The predicted molar refractivity (Wildman–Crippen MR) is 93.5 cm³/mol. The summed E-state index contributed by atoms with van der Waals surface area (Å²) in [6, 6.07) is 17.0. The van der Waals surface area contributed by atoms with Gasteiger partial charge in [-0.3, -0.25) is 9.59 Å². The fourth-order valence-electron chi connectivity index (χ4n) is 2.47. The van der Waals surface area contributed by atoms with Crippen LogP contribution in [0.15, 0.2) is 60.7 Å². The Kier molecular flexibility index (Phi) is 6.73. The van der Waals surface area contributed by atoms with Crippen LogP contribution in [0.1, 0.15) is 11.1 Å². The summed E-state index contributed by atoms with van der Waals surface area (Å²) >= 11 is 0. The molecule has 26 heavy (non-hydrogen) atoms. The Labute approximate surface area is 151 Å². The summed E-state index contributed by atoms with van der Waals surface area (Å²) in [6.45, 7) is -0.438. The number of carboxylic acid groups (broad SMARTS) is 1. The summed E-state index contributed by atoms with van der Waals surface area (Å²) in [5, 5.41) is 13.8. The van der Waals surface area contributed by atoms with Gasteiger partial charge in [-0.1, -0.05) is 60.7 Å². The minimum absolute atomic E-state index is 0.0104. The van der Waals surface area contributed by atoms with E-state index in [9.17, 15) is 19.5 Å². The maximum absolute atomic E-state index is 12.2. The molecular formula is C19H20N3O4-. The van der Waals surface area contributed by atoms with Crippen molar-refractivity contribution in [2.45, 2.75) is 19.0 Å². The van der Waals surface area contributed by atoms with E-state index in [2.05, 4.69) is 5.32 Å². The number of carbonyl (C=O) groups is 3. The van der Waals surface area contributed by atoms with E-state index in [1.165, 1.54) is 0 Å². The molecule has 0 aliphatic carbocycles. The summed E-state index contributed by atoms with van der Waals surface area (Å²) in [6.07, 6.45) is -1.24. The van der Waals surface area contributed by atoms with Gasteiger partial charge in [0.15, 0.2) is 0 Å². The monoisotopic (exact) mass is 354 g/mol. The summed E-state index contributed by atoms with van der Waals surface area (Å²) in [5.41, 5.74) is 6.90. The lowest BCUT2D eigenvalue weighted by atomic mass is 10.1. The number of primary amides is 1. The maximum atomic E-state index is 12.2. The Morgan fingerprint density at radius 2 is 1.50 bits per heavy atom. The van der Waals surface area contributed by atoms with Crippen molar-refractivity contribution in [1.29, 1.82) is 0 Å². The molecule has 7 heteroatoms. The van der Waals surface area contributed by atoms with Crippen molar-refractivity contribution in [2.24, 2.45) is 5.73 Å². The molecule has 0 saturated heterocycles. The first kappa shape index (κ1) is 19.0. The lowest BCUT2D eigenvalue weighted by molar-refractivity contribution is -0.266. The number of amides is 3. The van der Waals surface area contributed by atoms with Crippen LogP contribution in [0.25, 0.3) is 0 Å². The van der Waals surface area contributed by atoms with Gasteiger partial charge < -0.3 is 25.9 Å². The van der Waals surface area contributed by atoms with Crippen LogP contribution >= 0.6 is 0 Å². The van der Waals surface area contributed by atoms with E-state index in [1.807, 2.05) is 30.3 Å². The van der Waals surface area contributed by atoms with Crippen LogP contribution in [0.5, 0.6) is 0 Å². The highest BCUT2D eigenvalue weighted by Crippen LogP contribution is 2.05. The lowest BCUT2D eigenvalue weighted by Crippen LogP contribution is -2.51. The fraction of sp³-hybridized carbons (Fsp3) is 0.211. The van der Waals surface area contributed by atoms with E-state index in [0.717, 1.165) is 16.0 Å². The largest absolute Gasteiger partial charge is 0.530 e.